The third kappa shape index (κ3) is 3.41. The van der Waals surface area contributed by atoms with E-state index in [0.717, 1.165) is 31.7 Å². The Bertz CT molecular complexity index is 411. The molecule has 1 aliphatic rings. The molecule has 0 spiro atoms. The van der Waals surface area contributed by atoms with E-state index in [1.54, 1.807) is 6.07 Å². The smallest absolute Gasteiger partial charge is 0.380 e. The van der Waals surface area contributed by atoms with Gasteiger partial charge in [0.1, 0.15) is 0 Å². The maximum absolute atomic E-state index is 12.9. The number of hydrogen-bond acceptors (Lipinski definition) is 2. The summed E-state index contributed by atoms with van der Waals surface area (Å²) in [5.74, 6) is 0.381. The highest BCUT2D eigenvalue weighted by molar-refractivity contribution is 5.53. The molecule has 1 aromatic carbocycles. The van der Waals surface area contributed by atoms with Gasteiger partial charge in [0, 0.05) is 18.3 Å². The quantitative estimate of drug-likeness (QED) is 0.878. The van der Waals surface area contributed by atoms with Gasteiger partial charge in [0.15, 0.2) is 0 Å². The Morgan fingerprint density at radius 1 is 1.21 bits per heavy atom. The number of anilines is 1. The van der Waals surface area contributed by atoms with Gasteiger partial charge < -0.3 is 11.1 Å². The predicted octanol–water partition coefficient (Wildman–Crippen LogP) is 3.63. The van der Waals surface area contributed by atoms with E-state index >= 15 is 0 Å². The summed E-state index contributed by atoms with van der Waals surface area (Å²) in [6, 6.07) is 5.51. The van der Waals surface area contributed by atoms with Crippen LogP contribution in [0.5, 0.6) is 0 Å². The molecule has 0 saturated heterocycles. The molecule has 0 bridgehead atoms. The van der Waals surface area contributed by atoms with Crippen molar-refractivity contribution in [1.82, 2.24) is 0 Å². The van der Waals surface area contributed by atoms with Gasteiger partial charge in [-0.25, -0.2) is 0 Å². The highest BCUT2D eigenvalue weighted by Crippen LogP contribution is 2.36. The molecule has 1 unspecified atom stereocenters. The van der Waals surface area contributed by atoms with Gasteiger partial charge in [0.05, 0.1) is 5.56 Å². The summed E-state index contributed by atoms with van der Waals surface area (Å²) in [5, 5.41) is 3.00. The van der Waals surface area contributed by atoms with Crippen molar-refractivity contribution in [2.75, 3.05) is 11.9 Å². The number of halogens is 3. The molecule has 106 valence electrons. The van der Waals surface area contributed by atoms with Gasteiger partial charge >= 0.3 is 6.18 Å². The fourth-order valence-corrected chi connectivity index (χ4v) is 2.78. The van der Waals surface area contributed by atoms with Crippen molar-refractivity contribution in [1.29, 1.82) is 0 Å². The number of para-hydroxylation sites is 1. The SMILES string of the molecule is NCC(Nc1ccccc1C(F)(F)F)C1CCCC1. The van der Waals surface area contributed by atoms with Crippen LogP contribution in [0.1, 0.15) is 31.2 Å². The Balaban J connectivity index is 2.17. The van der Waals surface area contributed by atoms with Gasteiger partial charge in [-0.3, -0.25) is 0 Å². The molecule has 1 saturated carbocycles. The average Bonchev–Trinajstić information content (AvgIpc) is 2.89. The monoisotopic (exact) mass is 272 g/mol. The maximum Gasteiger partial charge on any atom is 0.418 e. The first-order valence-electron chi connectivity index (χ1n) is 6.65. The Hall–Kier alpha value is -1.23. The Morgan fingerprint density at radius 2 is 1.84 bits per heavy atom. The summed E-state index contributed by atoms with van der Waals surface area (Å²) in [7, 11) is 0. The van der Waals surface area contributed by atoms with Crippen LogP contribution < -0.4 is 11.1 Å². The van der Waals surface area contributed by atoms with Crippen LogP contribution in [-0.2, 0) is 6.18 Å². The number of alkyl halides is 3. The Morgan fingerprint density at radius 3 is 2.42 bits per heavy atom. The number of hydrogen-bond donors (Lipinski definition) is 2. The highest BCUT2D eigenvalue weighted by atomic mass is 19.4. The minimum atomic E-state index is -4.33. The molecule has 3 N–H and O–H groups in total. The molecule has 1 fully saturated rings. The van der Waals surface area contributed by atoms with Crippen LogP contribution >= 0.6 is 0 Å². The van der Waals surface area contributed by atoms with Gasteiger partial charge in [-0.2, -0.15) is 13.2 Å². The second-order valence-corrected chi connectivity index (χ2v) is 5.07. The minimum absolute atomic E-state index is 0.0778. The van der Waals surface area contributed by atoms with Crippen molar-refractivity contribution in [2.45, 2.75) is 37.9 Å². The van der Waals surface area contributed by atoms with Gasteiger partial charge in [0.2, 0.25) is 0 Å². The van der Waals surface area contributed by atoms with E-state index in [1.165, 1.54) is 12.1 Å². The van der Waals surface area contributed by atoms with Crippen molar-refractivity contribution < 1.29 is 13.2 Å². The molecule has 1 aromatic rings. The molecule has 2 rings (SSSR count). The van der Waals surface area contributed by atoms with Crippen LogP contribution in [0.2, 0.25) is 0 Å². The summed E-state index contributed by atoms with van der Waals surface area (Å²) in [5.41, 5.74) is 5.23. The second kappa shape index (κ2) is 5.82. The fourth-order valence-electron chi connectivity index (χ4n) is 2.78. The number of benzene rings is 1. The molecule has 1 aliphatic carbocycles. The molecule has 2 nitrogen and oxygen atoms in total. The standard InChI is InChI=1S/C14H19F3N2/c15-14(16,17)11-7-3-4-8-12(11)19-13(9-18)10-5-1-2-6-10/h3-4,7-8,10,13,19H,1-2,5-6,9,18H2. The zero-order valence-electron chi connectivity index (χ0n) is 10.7. The first kappa shape index (κ1) is 14.2. The van der Waals surface area contributed by atoms with Crippen LogP contribution in [-0.4, -0.2) is 12.6 Å². The van der Waals surface area contributed by atoms with E-state index in [4.69, 9.17) is 5.73 Å². The fraction of sp³-hybridized carbons (Fsp3) is 0.571. The third-order valence-corrected chi connectivity index (χ3v) is 3.80. The second-order valence-electron chi connectivity index (χ2n) is 5.07. The molecule has 0 aromatic heterocycles. The topological polar surface area (TPSA) is 38.0 Å². The van der Waals surface area contributed by atoms with Gasteiger partial charge in [-0.05, 0) is 30.9 Å². The largest absolute Gasteiger partial charge is 0.418 e. The van der Waals surface area contributed by atoms with Crippen LogP contribution in [0.4, 0.5) is 18.9 Å². The van der Waals surface area contributed by atoms with E-state index in [1.807, 2.05) is 0 Å². The maximum atomic E-state index is 12.9. The lowest BCUT2D eigenvalue weighted by Gasteiger charge is -2.26. The summed E-state index contributed by atoms with van der Waals surface area (Å²) in [6.07, 6.45) is 0.0397. The third-order valence-electron chi connectivity index (χ3n) is 3.80. The summed E-state index contributed by atoms with van der Waals surface area (Å²) >= 11 is 0. The van der Waals surface area contributed by atoms with Crippen molar-refractivity contribution in [3.8, 4) is 0 Å². The van der Waals surface area contributed by atoms with Crippen LogP contribution in [0, 0.1) is 5.92 Å². The van der Waals surface area contributed by atoms with Crippen molar-refractivity contribution in [2.24, 2.45) is 11.7 Å². The number of nitrogens with two attached hydrogens (primary N) is 1. The number of rotatable bonds is 4. The lowest BCUT2D eigenvalue weighted by atomic mass is 9.97. The Labute approximate surface area is 111 Å². The first-order valence-corrected chi connectivity index (χ1v) is 6.65. The normalized spacial score (nSPS) is 18.5. The highest BCUT2D eigenvalue weighted by Gasteiger charge is 2.34. The molecular weight excluding hydrogens is 253 g/mol. The molecule has 0 aliphatic heterocycles. The predicted molar refractivity (Wildman–Crippen MR) is 69.9 cm³/mol. The van der Waals surface area contributed by atoms with Crippen molar-refractivity contribution in [3.05, 3.63) is 29.8 Å². The summed E-state index contributed by atoms with van der Waals surface area (Å²) < 4.78 is 38.7. The van der Waals surface area contributed by atoms with Gasteiger partial charge in [-0.15, -0.1) is 0 Å². The molecular formula is C14H19F3N2. The van der Waals surface area contributed by atoms with E-state index in [9.17, 15) is 13.2 Å². The minimum Gasteiger partial charge on any atom is -0.380 e. The molecule has 0 radical (unpaired) electrons. The van der Waals surface area contributed by atoms with E-state index in [0.29, 0.717) is 12.5 Å². The van der Waals surface area contributed by atoms with Gasteiger partial charge in [0.25, 0.3) is 0 Å². The molecule has 1 atom stereocenters. The van der Waals surface area contributed by atoms with Crippen molar-refractivity contribution >= 4 is 5.69 Å². The molecule has 5 heteroatoms. The van der Waals surface area contributed by atoms with E-state index in [-0.39, 0.29) is 11.7 Å². The zero-order chi connectivity index (χ0) is 13.9. The summed E-state index contributed by atoms with van der Waals surface area (Å²) in [6.45, 7) is 0.358. The van der Waals surface area contributed by atoms with Crippen molar-refractivity contribution in [3.63, 3.8) is 0 Å². The van der Waals surface area contributed by atoms with E-state index in [2.05, 4.69) is 5.32 Å². The average molecular weight is 272 g/mol. The van der Waals surface area contributed by atoms with Crippen LogP contribution in [0.3, 0.4) is 0 Å². The molecule has 19 heavy (non-hydrogen) atoms. The number of nitrogens with one attached hydrogen (secondary N) is 1. The zero-order valence-corrected chi connectivity index (χ0v) is 10.7. The summed E-state index contributed by atoms with van der Waals surface area (Å²) in [4.78, 5) is 0. The van der Waals surface area contributed by atoms with Crippen LogP contribution in [0.15, 0.2) is 24.3 Å². The Kier molecular flexibility index (Phi) is 4.34. The van der Waals surface area contributed by atoms with Crippen LogP contribution in [0.25, 0.3) is 0 Å². The molecule has 0 heterocycles. The lowest BCUT2D eigenvalue weighted by molar-refractivity contribution is -0.137. The first-order chi connectivity index (χ1) is 9.02. The lowest BCUT2D eigenvalue weighted by Crippen LogP contribution is -2.35. The van der Waals surface area contributed by atoms with E-state index < -0.39 is 11.7 Å². The van der Waals surface area contributed by atoms with Gasteiger partial charge in [-0.1, -0.05) is 25.0 Å². The molecule has 0 amide bonds.